The molecule has 6 N–H and O–H groups in total. The molecule has 24 heavy (non-hydrogen) atoms. The molecule has 0 bridgehead atoms. The number of rotatable bonds is 9. The molecule has 0 heterocycles. The smallest absolute Gasteiger partial charge is 0.326 e. The van der Waals surface area contributed by atoms with Gasteiger partial charge in [-0.25, -0.2) is 4.79 Å². The molecule has 0 aromatic heterocycles. The highest BCUT2D eigenvalue weighted by Crippen LogP contribution is 2.20. The molecule has 0 saturated heterocycles. The minimum absolute atomic E-state index is 0.173. The first-order valence-corrected chi connectivity index (χ1v) is 7.60. The van der Waals surface area contributed by atoms with E-state index in [-0.39, 0.29) is 19.0 Å². The van der Waals surface area contributed by atoms with Crippen molar-refractivity contribution in [1.82, 2.24) is 10.6 Å². The number of nitrogens with two attached hydrogens (primary N) is 1. The number of aliphatic carboxylic acids is 1. The predicted octanol–water partition coefficient (Wildman–Crippen LogP) is 0.515. The number of carbonyl (C=O) groups is 2. The number of ether oxygens (including phenoxy) is 1. The normalized spacial score (nSPS) is 11.4. The molecule has 1 unspecified atom stereocenters. The van der Waals surface area contributed by atoms with Crippen LogP contribution >= 0.6 is 0 Å². The van der Waals surface area contributed by atoms with Crippen molar-refractivity contribution in [2.45, 2.75) is 32.7 Å². The monoisotopic (exact) mass is 336 g/mol. The van der Waals surface area contributed by atoms with E-state index >= 15 is 0 Å². The minimum Gasteiger partial charge on any atom is -0.483 e. The second-order valence-corrected chi connectivity index (χ2v) is 5.43. The number of hydrogen-bond acceptors (Lipinski definition) is 4. The number of carboxylic acids is 1. The van der Waals surface area contributed by atoms with Gasteiger partial charge in [-0.3, -0.25) is 10.2 Å². The first-order chi connectivity index (χ1) is 11.3. The standard InChI is InChI=1S/C16H24N4O4/c1-10-5-3-7-13(11(10)2)24-9-14(21)20-12(15(22)23)6-4-8-19-16(17)18/h3,5,7,12H,4,6,8-9H2,1-2H3,(H,20,21)(H,22,23)(H4,17,18,19). The first-order valence-electron chi connectivity index (χ1n) is 7.60. The van der Waals surface area contributed by atoms with E-state index in [1.54, 1.807) is 6.07 Å². The van der Waals surface area contributed by atoms with E-state index in [9.17, 15) is 9.59 Å². The fraction of sp³-hybridized carbons (Fsp3) is 0.438. The van der Waals surface area contributed by atoms with Crippen LogP contribution in [0.25, 0.3) is 0 Å². The van der Waals surface area contributed by atoms with Crippen molar-refractivity contribution >= 4 is 17.8 Å². The molecule has 1 amide bonds. The molecule has 1 aromatic rings. The number of benzene rings is 1. The molecule has 1 aromatic carbocycles. The van der Waals surface area contributed by atoms with E-state index in [0.717, 1.165) is 11.1 Å². The van der Waals surface area contributed by atoms with E-state index in [1.165, 1.54) is 0 Å². The maximum atomic E-state index is 11.9. The summed E-state index contributed by atoms with van der Waals surface area (Å²) in [7, 11) is 0. The van der Waals surface area contributed by atoms with Crippen LogP contribution in [-0.4, -0.2) is 42.1 Å². The summed E-state index contributed by atoms with van der Waals surface area (Å²) in [5.74, 6) is -1.18. The zero-order valence-electron chi connectivity index (χ0n) is 13.9. The lowest BCUT2D eigenvalue weighted by Gasteiger charge is -2.16. The minimum atomic E-state index is -1.11. The van der Waals surface area contributed by atoms with Gasteiger partial charge in [0.25, 0.3) is 5.91 Å². The summed E-state index contributed by atoms with van der Waals surface area (Å²) in [6.07, 6.45) is 0.680. The van der Waals surface area contributed by atoms with Crippen molar-refractivity contribution in [3.8, 4) is 5.75 Å². The van der Waals surface area contributed by atoms with Gasteiger partial charge in [-0.2, -0.15) is 0 Å². The Hall–Kier alpha value is -2.77. The average Bonchev–Trinajstić information content (AvgIpc) is 2.51. The summed E-state index contributed by atoms with van der Waals surface area (Å²) < 4.78 is 5.46. The molecule has 0 aliphatic heterocycles. The van der Waals surface area contributed by atoms with Gasteiger partial charge in [0.2, 0.25) is 0 Å². The molecule has 0 aliphatic rings. The molecule has 0 radical (unpaired) electrons. The van der Waals surface area contributed by atoms with Crippen molar-refractivity contribution in [2.24, 2.45) is 5.73 Å². The Morgan fingerprint density at radius 1 is 1.38 bits per heavy atom. The summed E-state index contributed by atoms with van der Waals surface area (Å²) in [5.41, 5.74) is 7.13. The van der Waals surface area contributed by atoms with Crippen molar-refractivity contribution in [2.75, 3.05) is 13.2 Å². The van der Waals surface area contributed by atoms with Gasteiger partial charge in [-0.05, 0) is 43.9 Å². The predicted molar refractivity (Wildman–Crippen MR) is 90.1 cm³/mol. The Morgan fingerprint density at radius 2 is 2.08 bits per heavy atom. The van der Waals surface area contributed by atoms with E-state index in [1.807, 2.05) is 26.0 Å². The third-order valence-corrected chi connectivity index (χ3v) is 3.53. The summed E-state index contributed by atoms with van der Waals surface area (Å²) in [6, 6.07) is 4.53. The largest absolute Gasteiger partial charge is 0.483 e. The molecule has 1 atom stereocenters. The lowest BCUT2D eigenvalue weighted by molar-refractivity contribution is -0.142. The van der Waals surface area contributed by atoms with Crippen molar-refractivity contribution < 1.29 is 19.4 Å². The topological polar surface area (TPSA) is 138 Å². The Labute approximate surface area is 140 Å². The van der Waals surface area contributed by atoms with Gasteiger partial charge < -0.3 is 26.2 Å². The highest BCUT2D eigenvalue weighted by Gasteiger charge is 2.19. The molecule has 8 nitrogen and oxygen atoms in total. The second kappa shape index (κ2) is 9.39. The summed E-state index contributed by atoms with van der Waals surface area (Å²) >= 11 is 0. The van der Waals surface area contributed by atoms with Crippen molar-refractivity contribution in [3.63, 3.8) is 0 Å². The summed E-state index contributed by atoms with van der Waals surface area (Å²) in [6.45, 7) is 3.95. The Balaban J connectivity index is 2.46. The summed E-state index contributed by atoms with van der Waals surface area (Å²) in [4.78, 5) is 23.1. The van der Waals surface area contributed by atoms with Crippen LogP contribution in [-0.2, 0) is 9.59 Å². The van der Waals surface area contributed by atoms with Crippen LogP contribution in [0.1, 0.15) is 24.0 Å². The van der Waals surface area contributed by atoms with E-state index in [0.29, 0.717) is 18.7 Å². The number of carboxylic acid groups (broad SMARTS) is 1. The van der Waals surface area contributed by atoms with E-state index in [2.05, 4.69) is 10.6 Å². The number of amides is 1. The van der Waals surface area contributed by atoms with E-state index < -0.39 is 17.9 Å². The highest BCUT2D eigenvalue weighted by atomic mass is 16.5. The first kappa shape index (κ1) is 19.3. The number of hydrogen-bond donors (Lipinski definition) is 5. The second-order valence-electron chi connectivity index (χ2n) is 5.43. The van der Waals surface area contributed by atoms with Gasteiger partial charge in [0.05, 0.1) is 0 Å². The third kappa shape index (κ3) is 6.55. The van der Waals surface area contributed by atoms with Gasteiger partial charge in [-0.15, -0.1) is 0 Å². The van der Waals surface area contributed by atoms with Crippen molar-refractivity contribution in [3.05, 3.63) is 29.3 Å². The molecular formula is C16H24N4O4. The fourth-order valence-corrected chi connectivity index (χ4v) is 2.05. The lowest BCUT2D eigenvalue weighted by atomic mass is 10.1. The molecular weight excluding hydrogens is 312 g/mol. The number of carbonyl (C=O) groups excluding carboxylic acids is 1. The number of guanidine groups is 1. The van der Waals surface area contributed by atoms with Gasteiger partial charge >= 0.3 is 5.97 Å². The van der Waals surface area contributed by atoms with Gasteiger partial charge in [-0.1, -0.05) is 12.1 Å². The Bertz CT molecular complexity index is 604. The van der Waals surface area contributed by atoms with Crippen LogP contribution in [0.5, 0.6) is 5.75 Å². The third-order valence-electron chi connectivity index (χ3n) is 3.53. The SMILES string of the molecule is Cc1cccc(OCC(=O)NC(CCCNC(=N)N)C(=O)O)c1C. The zero-order valence-corrected chi connectivity index (χ0v) is 13.9. The quantitative estimate of drug-likeness (QED) is 0.253. The molecule has 0 fully saturated rings. The van der Waals surface area contributed by atoms with Gasteiger partial charge in [0.15, 0.2) is 12.6 Å². The molecule has 0 saturated carbocycles. The van der Waals surface area contributed by atoms with Crippen LogP contribution in [0.4, 0.5) is 0 Å². The maximum absolute atomic E-state index is 11.9. The van der Waals surface area contributed by atoms with Crippen LogP contribution < -0.4 is 21.1 Å². The van der Waals surface area contributed by atoms with Crippen LogP contribution in [0.2, 0.25) is 0 Å². The van der Waals surface area contributed by atoms with Crippen LogP contribution in [0.15, 0.2) is 18.2 Å². The molecule has 0 aliphatic carbocycles. The maximum Gasteiger partial charge on any atom is 0.326 e. The fourth-order valence-electron chi connectivity index (χ4n) is 2.05. The lowest BCUT2D eigenvalue weighted by Crippen LogP contribution is -2.43. The van der Waals surface area contributed by atoms with Crippen molar-refractivity contribution in [1.29, 1.82) is 5.41 Å². The number of nitrogens with one attached hydrogen (secondary N) is 3. The van der Waals surface area contributed by atoms with Crippen LogP contribution in [0.3, 0.4) is 0 Å². The Morgan fingerprint density at radius 3 is 2.71 bits per heavy atom. The van der Waals surface area contributed by atoms with E-state index in [4.69, 9.17) is 21.0 Å². The molecule has 132 valence electrons. The molecule has 0 spiro atoms. The molecule has 8 heteroatoms. The summed E-state index contributed by atoms with van der Waals surface area (Å²) in [5, 5.41) is 21.2. The average molecular weight is 336 g/mol. The van der Waals surface area contributed by atoms with Gasteiger partial charge in [0, 0.05) is 6.54 Å². The highest BCUT2D eigenvalue weighted by molar-refractivity contribution is 5.84. The number of aryl methyl sites for hydroxylation is 1. The zero-order chi connectivity index (χ0) is 18.1. The van der Waals surface area contributed by atoms with Crippen LogP contribution in [0, 0.1) is 19.3 Å². The van der Waals surface area contributed by atoms with Gasteiger partial charge in [0.1, 0.15) is 11.8 Å². The molecule has 1 rings (SSSR count). The Kier molecular flexibility index (Phi) is 7.54.